The van der Waals surface area contributed by atoms with Crippen LogP contribution in [0.5, 0.6) is 0 Å². The number of nitrogens with zero attached hydrogens (tertiary/aromatic N) is 2. The summed E-state index contributed by atoms with van der Waals surface area (Å²) in [5.41, 5.74) is 9.29. The van der Waals surface area contributed by atoms with Crippen LogP contribution in [0.1, 0.15) is 11.1 Å². The topological polar surface area (TPSA) is 41.6 Å². The zero-order chi connectivity index (χ0) is 9.97. The van der Waals surface area contributed by atoms with Crippen LogP contribution < -0.4 is 10.6 Å². The van der Waals surface area contributed by atoms with Crippen molar-refractivity contribution in [3.63, 3.8) is 0 Å². The van der Waals surface area contributed by atoms with Crippen molar-refractivity contribution >= 4 is 12.0 Å². The number of hydrogen-bond donors (Lipinski definition) is 1. The number of aryl methyl sites for hydroxylation is 1. The van der Waals surface area contributed by atoms with Gasteiger partial charge in [0, 0.05) is 18.8 Å². The van der Waals surface area contributed by atoms with Gasteiger partial charge in [0.2, 0.25) is 0 Å². The normalized spacial score (nSPS) is 15.1. The van der Waals surface area contributed by atoms with E-state index in [0.717, 1.165) is 13.1 Å². The first kappa shape index (κ1) is 9.21. The lowest BCUT2D eigenvalue weighted by atomic mass is 10.1. The van der Waals surface area contributed by atoms with E-state index in [1.807, 2.05) is 6.34 Å². The highest BCUT2D eigenvalue weighted by Gasteiger charge is 2.08. The highest BCUT2D eigenvalue weighted by Crippen LogP contribution is 2.19. The van der Waals surface area contributed by atoms with E-state index in [1.165, 1.54) is 16.8 Å². The Morgan fingerprint density at radius 1 is 1.50 bits per heavy atom. The minimum atomic E-state index is 0.611. The fraction of sp³-hybridized carbons (Fsp3) is 0.364. The van der Waals surface area contributed by atoms with Gasteiger partial charge >= 0.3 is 0 Å². The molecule has 1 aromatic rings. The Bertz CT molecular complexity index is 358. The summed E-state index contributed by atoms with van der Waals surface area (Å²) in [6, 6.07) is 6.36. The molecule has 2 N–H and O–H groups in total. The van der Waals surface area contributed by atoms with E-state index >= 15 is 0 Å². The van der Waals surface area contributed by atoms with E-state index in [0.29, 0.717) is 6.54 Å². The number of nitrogens with two attached hydrogens (primary N) is 1. The molecule has 0 spiro atoms. The van der Waals surface area contributed by atoms with Crippen LogP contribution in [0.3, 0.4) is 0 Å². The third-order valence-electron chi connectivity index (χ3n) is 2.57. The molecule has 0 bridgehead atoms. The number of aliphatic imine (C=N–C) groups is 1. The maximum absolute atomic E-state index is 5.61. The predicted molar refractivity (Wildman–Crippen MR) is 59.8 cm³/mol. The summed E-state index contributed by atoms with van der Waals surface area (Å²) in [5.74, 6) is 0. The maximum Gasteiger partial charge on any atom is 0.0895 e. The minimum absolute atomic E-state index is 0.611. The molecule has 0 fully saturated rings. The standard InChI is InChI=1S/C11H15N3/c1-9-6-11(3-2-10(9)7-12)14-5-4-13-8-14/h2-3,6,8H,4-5,7,12H2,1H3. The SMILES string of the molecule is Cc1cc(N2C=NCC2)ccc1CN. The van der Waals surface area contributed by atoms with Crippen molar-refractivity contribution in [2.45, 2.75) is 13.5 Å². The van der Waals surface area contributed by atoms with Crippen LogP contribution in [0.25, 0.3) is 0 Å². The zero-order valence-electron chi connectivity index (χ0n) is 8.40. The fourth-order valence-electron chi connectivity index (χ4n) is 1.66. The smallest absolute Gasteiger partial charge is 0.0895 e. The van der Waals surface area contributed by atoms with Crippen molar-refractivity contribution in [2.24, 2.45) is 10.7 Å². The van der Waals surface area contributed by atoms with Gasteiger partial charge in [-0.05, 0) is 30.2 Å². The molecule has 3 heteroatoms. The zero-order valence-corrected chi connectivity index (χ0v) is 8.40. The van der Waals surface area contributed by atoms with Crippen LogP contribution in [0.15, 0.2) is 23.2 Å². The second kappa shape index (κ2) is 3.80. The molecule has 0 radical (unpaired) electrons. The monoisotopic (exact) mass is 189 g/mol. The van der Waals surface area contributed by atoms with Gasteiger partial charge in [0.25, 0.3) is 0 Å². The Labute approximate surface area is 84.2 Å². The lowest BCUT2D eigenvalue weighted by Gasteiger charge is -2.15. The van der Waals surface area contributed by atoms with Crippen LogP contribution in [-0.4, -0.2) is 19.4 Å². The lowest BCUT2D eigenvalue weighted by Crippen LogP contribution is -2.18. The Morgan fingerprint density at radius 3 is 2.93 bits per heavy atom. The van der Waals surface area contributed by atoms with Crippen LogP contribution in [0.4, 0.5) is 5.69 Å². The molecule has 0 saturated carbocycles. The molecule has 1 aromatic carbocycles. The number of hydrogen-bond acceptors (Lipinski definition) is 3. The van der Waals surface area contributed by atoms with Gasteiger partial charge in [-0.2, -0.15) is 0 Å². The van der Waals surface area contributed by atoms with E-state index in [1.54, 1.807) is 0 Å². The van der Waals surface area contributed by atoms with Crippen LogP contribution in [-0.2, 0) is 6.54 Å². The summed E-state index contributed by atoms with van der Waals surface area (Å²) in [6.45, 7) is 4.60. The third kappa shape index (κ3) is 1.63. The first-order valence-corrected chi connectivity index (χ1v) is 4.87. The highest BCUT2D eigenvalue weighted by atomic mass is 15.2. The van der Waals surface area contributed by atoms with Gasteiger partial charge in [-0.15, -0.1) is 0 Å². The molecule has 1 heterocycles. The number of benzene rings is 1. The first-order chi connectivity index (χ1) is 6.81. The molecule has 1 aliphatic heterocycles. The van der Waals surface area contributed by atoms with Crippen LogP contribution in [0, 0.1) is 6.92 Å². The second-order valence-electron chi connectivity index (χ2n) is 3.53. The highest BCUT2D eigenvalue weighted by molar-refractivity contribution is 5.81. The second-order valence-corrected chi connectivity index (χ2v) is 3.53. The van der Waals surface area contributed by atoms with Gasteiger partial charge in [-0.1, -0.05) is 6.07 Å². The van der Waals surface area contributed by atoms with Crippen molar-refractivity contribution < 1.29 is 0 Å². The van der Waals surface area contributed by atoms with Crippen molar-refractivity contribution in [3.05, 3.63) is 29.3 Å². The molecule has 2 rings (SSSR count). The molecule has 74 valence electrons. The van der Waals surface area contributed by atoms with Gasteiger partial charge in [0.1, 0.15) is 0 Å². The molecule has 0 saturated heterocycles. The van der Waals surface area contributed by atoms with Crippen molar-refractivity contribution in [2.75, 3.05) is 18.0 Å². The van der Waals surface area contributed by atoms with Crippen LogP contribution in [0.2, 0.25) is 0 Å². The Morgan fingerprint density at radius 2 is 2.36 bits per heavy atom. The molecular weight excluding hydrogens is 174 g/mol. The van der Waals surface area contributed by atoms with Gasteiger partial charge < -0.3 is 10.6 Å². The van der Waals surface area contributed by atoms with E-state index in [4.69, 9.17) is 5.73 Å². The summed E-state index contributed by atoms with van der Waals surface area (Å²) >= 11 is 0. The molecular formula is C11H15N3. The Hall–Kier alpha value is -1.35. The quantitative estimate of drug-likeness (QED) is 0.762. The summed E-state index contributed by atoms with van der Waals surface area (Å²) in [7, 11) is 0. The maximum atomic E-state index is 5.61. The fourth-order valence-corrected chi connectivity index (χ4v) is 1.66. The Kier molecular flexibility index (Phi) is 2.50. The average Bonchev–Trinajstić information content (AvgIpc) is 2.70. The van der Waals surface area contributed by atoms with Gasteiger partial charge in [-0.3, -0.25) is 4.99 Å². The third-order valence-corrected chi connectivity index (χ3v) is 2.57. The van der Waals surface area contributed by atoms with Crippen molar-refractivity contribution in [1.29, 1.82) is 0 Å². The number of anilines is 1. The molecule has 0 unspecified atom stereocenters. The molecule has 14 heavy (non-hydrogen) atoms. The molecule has 3 nitrogen and oxygen atoms in total. The van der Waals surface area contributed by atoms with Crippen LogP contribution >= 0.6 is 0 Å². The summed E-state index contributed by atoms with van der Waals surface area (Å²) in [6.07, 6.45) is 1.90. The Balaban J connectivity index is 2.27. The van der Waals surface area contributed by atoms with Gasteiger partial charge in [0.15, 0.2) is 0 Å². The first-order valence-electron chi connectivity index (χ1n) is 4.87. The van der Waals surface area contributed by atoms with E-state index in [-0.39, 0.29) is 0 Å². The average molecular weight is 189 g/mol. The van der Waals surface area contributed by atoms with Crippen molar-refractivity contribution in [1.82, 2.24) is 0 Å². The molecule has 1 aliphatic rings. The molecule has 0 atom stereocenters. The summed E-state index contributed by atoms with van der Waals surface area (Å²) < 4.78 is 0. The number of rotatable bonds is 2. The molecule has 0 amide bonds. The summed E-state index contributed by atoms with van der Waals surface area (Å²) in [5, 5.41) is 0. The van der Waals surface area contributed by atoms with E-state index in [2.05, 4.69) is 35.0 Å². The van der Waals surface area contributed by atoms with Gasteiger partial charge in [-0.25, -0.2) is 0 Å². The lowest BCUT2D eigenvalue weighted by molar-refractivity contribution is 1.01. The van der Waals surface area contributed by atoms with Gasteiger partial charge in [0.05, 0.1) is 12.9 Å². The van der Waals surface area contributed by atoms with E-state index in [9.17, 15) is 0 Å². The van der Waals surface area contributed by atoms with Crippen molar-refractivity contribution in [3.8, 4) is 0 Å². The summed E-state index contributed by atoms with van der Waals surface area (Å²) in [4.78, 5) is 6.35. The predicted octanol–water partition coefficient (Wildman–Crippen LogP) is 1.30. The van der Waals surface area contributed by atoms with E-state index < -0.39 is 0 Å². The molecule has 0 aromatic heterocycles. The molecule has 0 aliphatic carbocycles. The largest absolute Gasteiger partial charge is 0.331 e. The minimum Gasteiger partial charge on any atom is -0.331 e.